The summed E-state index contributed by atoms with van der Waals surface area (Å²) in [5.74, 6) is 0.0360. The minimum atomic E-state index is -3.29. The van der Waals surface area contributed by atoms with Gasteiger partial charge >= 0.3 is 6.01 Å². The molecule has 1 aliphatic rings. The number of hydrogen-bond donors (Lipinski definition) is 0. The van der Waals surface area contributed by atoms with Crippen LogP contribution < -0.4 is 4.74 Å². The van der Waals surface area contributed by atoms with Crippen LogP contribution in [0.25, 0.3) is 0 Å². The summed E-state index contributed by atoms with van der Waals surface area (Å²) in [5.41, 5.74) is 0.809. The molecular formula is C20H25N3O4S. The molecule has 0 atom stereocenters. The number of ether oxygens (including phenoxy) is 1. The van der Waals surface area contributed by atoms with E-state index >= 15 is 0 Å². The van der Waals surface area contributed by atoms with Crippen molar-refractivity contribution in [2.45, 2.75) is 49.4 Å². The first-order valence-electron chi connectivity index (χ1n) is 9.40. The van der Waals surface area contributed by atoms with Gasteiger partial charge in [-0.05, 0) is 37.6 Å². The van der Waals surface area contributed by atoms with Crippen LogP contribution in [0.5, 0.6) is 6.01 Å². The molecule has 2 heterocycles. The van der Waals surface area contributed by atoms with Gasteiger partial charge in [-0.2, -0.15) is 0 Å². The fraction of sp³-hybridized carbons (Fsp3) is 0.450. The average molecular weight is 404 g/mol. The molecule has 0 N–H and O–H groups in total. The standard InChI is InChI=1S/C20H25N3O4S/c1-15(2)28(25,26)18-6-4-16(5-7-18)14-19(24)23-12-8-17(9-13-23)27-20-21-10-3-11-22-20/h3-7,10-11,15,17H,8-9,12-14H2,1-2H3. The third-order valence-corrected chi connectivity index (χ3v) is 7.01. The largest absolute Gasteiger partial charge is 0.460 e. The van der Waals surface area contributed by atoms with Crippen molar-refractivity contribution in [1.82, 2.24) is 14.9 Å². The first kappa shape index (κ1) is 20.3. The molecule has 0 bridgehead atoms. The molecule has 1 amide bonds. The highest BCUT2D eigenvalue weighted by atomic mass is 32.2. The van der Waals surface area contributed by atoms with Gasteiger partial charge in [0, 0.05) is 38.3 Å². The predicted octanol–water partition coefficient (Wildman–Crippen LogP) is 2.27. The first-order chi connectivity index (χ1) is 13.4. The van der Waals surface area contributed by atoms with Gasteiger partial charge in [0.15, 0.2) is 9.84 Å². The summed E-state index contributed by atoms with van der Waals surface area (Å²) >= 11 is 0. The third kappa shape index (κ3) is 4.86. The van der Waals surface area contributed by atoms with Crippen molar-refractivity contribution in [2.24, 2.45) is 0 Å². The van der Waals surface area contributed by atoms with Crippen molar-refractivity contribution < 1.29 is 17.9 Å². The summed E-state index contributed by atoms with van der Waals surface area (Å²) in [6.07, 6.45) is 5.00. The Balaban J connectivity index is 1.52. The van der Waals surface area contributed by atoms with Gasteiger partial charge in [0.2, 0.25) is 5.91 Å². The Morgan fingerprint density at radius 1 is 1.14 bits per heavy atom. The highest BCUT2D eigenvalue weighted by molar-refractivity contribution is 7.92. The van der Waals surface area contributed by atoms with E-state index in [-0.39, 0.29) is 18.4 Å². The van der Waals surface area contributed by atoms with Crippen molar-refractivity contribution in [1.29, 1.82) is 0 Å². The highest BCUT2D eigenvalue weighted by Gasteiger charge is 2.25. The second-order valence-electron chi connectivity index (χ2n) is 7.14. The molecule has 0 aliphatic carbocycles. The number of aromatic nitrogens is 2. The van der Waals surface area contributed by atoms with Gasteiger partial charge in [0.25, 0.3) is 0 Å². The molecule has 0 radical (unpaired) electrons. The van der Waals surface area contributed by atoms with E-state index in [0.29, 0.717) is 24.0 Å². The molecule has 1 aromatic heterocycles. The Kier molecular flexibility index (Phi) is 6.28. The molecule has 8 heteroatoms. The van der Waals surface area contributed by atoms with Crippen molar-refractivity contribution in [3.63, 3.8) is 0 Å². The van der Waals surface area contributed by atoms with Crippen LogP contribution in [0, 0.1) is 0 Å². The number of carbonyl (C=O) groups is 1. The van der Waals surface area contributed by atoms with Crippen LogP contribution in [0.2, 0.25) is 0 Å². The molecule has 0 spiro atoms. The molecule has 2 aromatic rings. The van der Waals surface area contributed by atoms with Crippen LogP contribution in [-0.2, 0) is 21.1 Å². The van der Waals surface area contributed by atoms with Crippen LogP contribution in [0.4, 0.5) is 0 Å². The molecule has 28 heavy (non-hydrogen) atoms. The lowest BCUT2D eigenvalue weighted by Crippen LogP contribution is -2.42. The van der Waals surface area contributed by atoms with Crippen LogP contribution in [0.15, 0.2) is 47.6 Å². The molecule has 1 fully saturated rings. The Morgan fingerprint density at radius 2 is 1.75 bits per heavy atom. The summed E-state index contributed by atoms with van der Waals surface area (Å²) in [5, 5.41) is -0.468. The van der Waals surface area contributed by atoms with Gasteiger partial charge in [-0.1, -0.05) is 12.1 Å². The van der Waals surface area contributed by atoms with E-state index in [2.05, 4.69) is 9.97 Å². The quantitative estimate of drug-likeness (QED) is 0.735. The lowest BCUT2D eigenvalue weighted by atomic mass is 10.1. The summed E-state index contributed by atoms with van der Waals surface area (Å²) in [7, 11) is -3.29. The van der Waals surface area contributed by atoms with Gasteiger partial charge in [0.05, 0.1) is 16.6 Å². The molecule has 3 rings (SSSR count). The monoisotopic (exact) mass is 403 g/mol. The number of likely N-dealkylation sites (tertiary alicyclic amines) is 1. The van der Waals surface area contributed by atoms with Crippen molar-refractivity contribution in [2.75, 3.05) is 13.1 Å². The zero-order valence-corrected chi connectivity index (χ0v) is 16.9. The fourth-order valence-electron chi connectivity index (χ4n) is 3.07. The number of carbonyl (C=O) groups excluding carboxylic acids is 1. The number of piperidine rings is 1. The zero-order valence-electron chi connectivity index (χ0n) is 16.1. The van der Waals surface area contributed by atoms with Gasteiger partial charge in [-0.25, -0.2) is 18.4 Å². The Labute approximate surface area is 165 Å². The maximum absolute atomic E-state index is 12.6. The molecule has 1 aromatic carbocycles. The average Bonchev–Trinajstić information content (AvgIpc) is 2.69. The fourth-order valence-corrected chi connectivity index (χ4v) is 4.13. The molecule has 0 unspecified atom stereocenters. The molecule has 1 aliphatic heterocycles. The third-order valence-electron chi connectivity index (χ3n) is 4.84. The van der Waals surface area contributed by atoms with Crippen molar-refractivity contribution in [3.05, 3.63) is 48.3 Å². The molecule has 150 valence electrons. The Hall–Kier alpha value is -2.48. The van der Waals surface area contributed by atoms with Crippen LogP contribution >= 0.6 is 0 Å². The second kappa shape index (κ2) is 8.68. The summed E-state index contributed by atoms with van der Waals surface area (Å²) < 4.78 is 30.1. The van der Waals surface area contributed by atoms with Crippen LogP contribution in [0.1, 0.15) is 32.3 Å². The molecule has 1 saturated heterocycles. The summed E-state index contributed by atoms with van der Waals surface area (Å²) in [6.45, 7) is 4.56. The van der Waals surface area contributed by atoms with Crippen LogP contribution in [0.3, 0.4) is 0 Å². The lowest BCUT2D eigenvalue weighted by Gasteiger charge is -2.31. The topological polar surface area (TPSA) is 89.5 Å². The maximum Gasteiger partial charge on any atom is 0.316 e. The van der Waals surface area contributed by atoms with Crippen molar-refractivity contribution in [3.8, 4) is 6.01 Å². The number of nitrogens with zero attached hydrogens (tertiary/aromatic N) is 3. The van der Waals surface area contributed by atoms with E-state index < -0.39 is 15.1 Å². The molecule has 7 nitrogen and oxygen atoms in total. The maximum atomic E-state index is 12.6. The normalized spacial score (nSPS) is 15.6. The summed E-state index contributed by atoms with van der Waals surface area (Å²) in [6, 6.07) is 8.70. The van der Waals surface area contributed by atoms with E-state index in [1.165, 1.54) is 0 Å². The van der Waals surface area contributed by atoms with Crippen LogP contribution in [-0.4, -0.2) is 53.6 Å². The number of hydrogen-bond acceptors (Lipinski definition) is 6. The van der Waals surface area contributed by atoms with E-state index in [1.807, 2.05) is 4.90 Å². The van der Waals surface area contributed by atoms with E-state index in [0.717, 1.165) is 18.4 Å². The molecular weight excluding hydrogens is 378 g/mol. The molecule has 0 saturated carbocycles. The first-order valence-corrected chi connectivity index (χ1v) is 10.9. The van der Waals surface area contributed by atoms with Gasteiger partial charge < -0.3 is 9.64 Å². The Morgan fingerprint density at radius 3 is 2.32 bits per heavy atom. The number of sulfone groups is 1. The number of rotatable bonds is 6. The number of amides is 1. The van der Waals surface area contributed by atoms with Gasteiger partial charge in [-0.3, -0.25) is 4.79 Å². The SMILES string of the molecule is CC(C)S(=O)(=O)c1ccc(CC(=O)N2CCC(Oc3ncccn3)CC2)cc1. The predicted molar refractivity (Wildman–Crippen MR) is 105 cm³/mol. The van der Waals surface area contributed by atoms with E-state index in [4.69, 9.17) is 4.74 Å². The Bertz CT molecular complexity index is 891. The zero-order chi connectivity index (χ0) is 20.1. The second-order valence-corrected chi connectivity index (χ2v) is 9.65. The lowest BCUT2D eigenvalue weighted by molar-refractivity contribution is -0.132. The van der Waals surface area contributed by atoms with E-state index in [9.17, 15) is 13.2 Å². The van der Waals surface area contributed by atoms with Gasteiger partial charge in [-0.15, -0.1) is 0 Å². The highest BCUT2D eigenvalue weighted by Crippen LogP contribution is 2.19. The summed E-state index contributed by atoms with van der Waals surface area (Å²) in [4.78, 5) is 22.8. The number of benzene rings is 1. The smallest absolute Gasteiger partial charge is 0.316 e. The van der Waals surface area contributed by atoms with Crippen molar-refractivity contribution >= 4 is 15.7 Å². The minimum Gasteiger partial charge on any atom is -0.460 e. The minimum absolute atomic E-state index is 0.00646. The van der Waals surface area contributed by atoms with E-state index in [1.54, 1.807) is 56.6 Å². The van der Waals surface area contributed by atoms with Gasteiger partial charge in [0.1, 0.15) is 6.10 Å².